The first kappa shape index (κ1) is 15.0. The van der Waals surface area contributed by atoms with Gasteiger partial charge in [0.05, 0.1) is 6.10 Å². The molecule has 1 atom stereocenters. The average Bonchev–Trinajstić information content (AvgIpc) is 2.38. The highest BCUT2D eigenvalue weighted by Gasteiger charge is 2.20. The number of hydrogen-bond acceptors (Lipinski definition) is 4. The van der Waals surface area contributed by atoms with Gasteiger partial charge in [0.25, 0.3) is 0 Å². The van der Waals surface area contributed by atoms with Crippen LogP contribution >= 0.6 is 0 Å². The number of anilines is 2. The quantitative estimate of drug-likeness (QED) is 0.813. The second-order valence-corrected chi connectivity index (χ2v) is 5.89. The van der Waals surface area contributed by atoms with Crippen molar-refractivity contribution >= 4 is 11.4 Å². The highest BCUT2D eigenvalue weighted by molar-refractivity contribution is 5.60. The Hall–Kier alpha value is -1.42. The van der Waals surface area contributed by atoms with Gasteiger partial charge in [-0.2, -0.15) is 0 Å². The second kappa shape index (κ2) is 6.84. The lowest BCUT2D eigenvalue weighted by molar-refractivity contribution is 0.241. The molecule has 0 saturated carbocycles. The lowest BCUT2D eigenvalue weighted by Crippen LogP contribution is -2.35. The number of nitrogens with zero attached hydrogens (tertiary/aromatic N) is 1. The zero-order valence-corrected chi connectivity index (χ0v) is 12.5. The topological polar surface area (TPSA) is 58.7 Å². The highest BCUT2D eigenvalue weighted by Crippen LogP contribution is 2.30. The summed E-state index contributed by atoms with van der Waals surface area (Å²) in [5, 5.41) is 9.10. The minimum atomic E-state index is 0.146. The van der Waals surface area contributed by atoms with E-state index in [4.69, 9.17) is 15.6 Å². The van der Waals surface area contributed by atoms with Crippen LogP contribution in [0.3, 0.4) is 0 Å². The van der Waals surface area contributed by atoms with E-state index in [1.54, 1.807) is 0 Å². The maximum atomic E-state index is 9.10. The number of ether oxygens (including phenoxy) is 1. The van der Waals surface area contributed by atoms with Crippen molar-refractivity contribution in [2.45, 2.75) is 39.2 Å². The average molecular weight is 278 g/mol. The molecule has 1 aromatic carbocycles. The Bertz CT molecular complexity index is 432. The number of nitrogen functional groups attached to an aromatic ring is 1. The zero-order valence-electron chi connectivity index (χ0n) is 12.5. The molecule has 4 heteroatoms. The Balaban J connectivity index is 2.12. The maximum absolute atomic E-state index is 9.10. The number of rotatable bonds is 5. The van der Waals surface area contributed by atoms with Crippen LogP contribution < -0.4 is 15.4 Å². The summed E-state index contributed by atoms with van der Waals surface area (Å²) in [6.07, 6.45) is 3.40. The van der Waals surface area contributed by atoms with E-state index in [1.165, 1.54) is 12.8 Å². The molecule has 1 heterocycles. The van der Waals surface area contributed by atoms with Gasteiger partial charge in [-0.15, -0.1) is 0 Å². The second-order valence-electron chi connectivity index (χ2n) is 5.89. The molecule has 4 nitrogen and oxygen atoms in total. The minimum Gasteiger partial charge on any atom is -0.491 e. The molecule has 1 aliphatic heterocycles. The van der Waals surface area contributed by atoms with E-state index < -0.39 is 0 Å². The van der Waals surface area contributed by atoms with Crippen molar-refractivity contribution in [3.8, 4) is 5.75 Å². The number of hydrogen-bond donors (Lipinski definition) is 2. The first-order chi connectivity index (χ1) is 9.58. The smallest absolute Gasteiger partial charge is 0.123 e. The van der Waals surface area contributed by atoms with Crippen molar-refractivity contribution < 1.29 is 9.84 Å². The lowest BCUT2D eigenvalue weighted by atomic mass is 9.95. The standard InChI is InChI=1S/C16H26N2O2/c1-12(2)20-16-9-14(17)8-15(10-16)18-6-3-4-13(11-18)5-7-19/h8-10,12-13,19H,3-7,11,17H2,1-2H3. The summed E-state index contributed by atoms with van der Waals surface area (Å²) in [5.74, 6) is 1.41. The van der Waals surface area contributed by atoms with Gasteiger partial charge in [0.15, 0.2) is 0 Å². The van der Waals surface area contributed by atoms with Gasteiger partial charge in [0, 0.05) is 43.2 Å². The fourth-order valence-corrected chi connectivity index (χ4v) is 2.85. The number of aliphatic hydroxyl groups excluding tert-OH is 1. The molecule has 0 radical (unpaired) electrons. The van der Waals surface area contributed by atoms with Crippen molar-refractivity contribution in [3.63, 3.8) is 0 Å². The molecule has 1 saturated heterocycles. The van der Waals surface area contributed by atoms with Crippen molar-refractivity contribution in [2.24, 2.45) is 5.92 Å². The first-order valence-electron chi connectivity index (χ1n) is 7.51. The van der Waals surface area contributed by atoms with Crippen LogP contribution in [0, 0.1) is 5.92 Å². The molecule has 0 aromatic heterocycles. The maximum Gasteiger partial charge on any atom is 0.123 e. The van der Waals surface area contributed by atoms with Crippen molar-refractivity contribution in [3.05, 3.63) is 18.2 Å². The van der Waals surface area contributed by atoms with Gasteiger partial charge in [0.2, 0.25) is 0 Å². The summed E-state index contributed by atoms with van der Waals surface area (Å²) in [4.78, 5) is 2.35. The molecular weight excluding hydrogens is 252 g/mol. The van der Waals surface area contributed by atoms with E-state index in [-0.39, 0.29) is 12.7 Å². The first-order valence-corrected chi connectivity index (χ1v) is 7.51. The molecule has 20 heavy (non-hydrogen) atoms. The molecule has 2 rings (SSSR count). The summed E-state index contributed by atoms with van der Waals surface area (Å²) in [6, 6.07) is 5.95. The van der Waals surface area contributed by atoms with Crippen molar-refractivity contribution in [1.29, 1.82) is 0 Å². The van der Waals surface area contributed by atoms with Crippen LogP contribution in [0.2, 0.25) is 0 Å². The zero-order chi connectivity index (χ0) is 14.5. The van der Waals surface area contributed by atoms with Crippen molar-refractivity contribution in [1.82, 2.24) is 0 Å². The molecule has 1 aromatic rings. The molecule has 1 aliphatic rings. The highest BCUT2D eigenvalue weighted by atomic mass is 16.5. The third-order valence-electron chi connectivity index (χ3n) is 3.71. The number of aliphatic hydroxyl groups is 1. The summed E-state index contributed by atoms with van der Waals surface area (Å²) in [7, 11) is 0. The van der Waals surface area contributed by atoms with Gasteiger partial charge < -0.3 is 20.5 Å². The summed E-state index contributed by atoms with van der Waals surface area (Å²) < 4.78 is 5.75. The number of nitrogens with two attached hydrogens (primary N) is 1. The molecule has 1 fully saturated rings. The van der Waals surface area contributed by atoms with Crippen LogP contribution in [0.1, 0.15) is 33.1 Å². The SMILES string of the molecule is CC(C)Oc1cc(N)cc(N2CCCC(CCO)C2)c1. The van der Waals surface area contributed by atoms with Crippen LogP contribution in [-0.2, 0) is 0 Å². The molecule has 0 aliphatic carbocycles. The normalized spacial score (nSPS) is 19.4. The van der Waals surface area contributed by atoms with Gasteiger partial charge >= 0.3 is 0 Å². The van der Waals surface area contributed by atoms with Crippen LogP contribution in [0.15, 0.2) is 18.2 Å². The summed E-state index contributed by atoms with van der Waals surface area (Å²) >= 11 is 0. The predicted molar refractivity (Wildman–Crippen MR) is 83.3 cm³/mol. The monoisotopic (exact) mass is 278 g/mol. The van der Waals surface area contributed by atoms with E-state index in [0.717, 1.165) is 36.6 Å². The van der Waals surface area contributed by atoms with Gasteiger partial charge in [-0.25, -0.2) is 0 Å². The largest absolute Gasteiger partial charge is 0.491 e. The molecule has 0 amide bonds. The van der Waals surface area contributed by atoms with Gasteiger partial charge in [-0.3, -0.25) is 0 Å². The van der Waals surface area contributed by atoms with E-state index >= 15 is 0 Å². The number of benzene rings is 1. The molecule has 0 spiro atoms. The fourth-order valence-electron chi connectivity index (χ4n) is 2.85. The minimum absolute atomic E-state index is 0.146. The van der Waals surface area contributed by atoms with Crippen molar-refractivity contribution in [2.75, 3.05) is 30.3 Å². The fraction of sp³-hybridized carbons (Fsp3) is 0.625. The van der Waals surface area contributed by atoms with E-state index in [0.29, 0.717) is 5.92 Å². The molecule has 1 unspecified atom stereocenters. The van der Waals surface area contributed by atoms with E-state index in [1.807, 2.05) is 26.0 Å². The van der Waals surface area contributed by atoms with Gasteiger partial charge in [-0.05, 0) is 45.1 Å². The van der Waals surface area contributed by atoms with Crippen LogP contribution in [0.25, 0.3) is 0 Å². The molecule has 3 N–H and O–H groups in total. The van der Waals surface area contributed by atoms with Gasteiger partial charge in [-0.1, -0.05) is 0 Å². The van der Waals surface area contributed by atoms with Crippen LogP contribution in [0.4, 0.5) is 11.4 Å². The third kappa shape index (κ3) is 4.04. The molecule has 0 bridgehead atoms. The Labute approximate surface area is 121 Å². The summed E-state index contributed by atoms with van der Waals surface area (Å²) in [5.41, 5.74) is 7.85. The molecular formula is C16H26N2O2. The summed E-state index contributed by atoms with van der Waals surface area (Å²) in [6.45, 7) is 6.34. The van der Waals surface area contributed by atoms with Crippen LogP contribution in [0.5, 0.6) is 5.75 Å². The Kier molecular flexibility index (Phi) is 5.12. The van der Waals surface area contributed by atoms with Gasteiger partial charge in [0.1, 0.15) is 5.75 Å². The number of piperidine rings is 1. The third-order valence-corrected chi connectivity index (χ3v) is 3.71. The van der Waals surface area contributed by atoms with Crippen LogP contribution in [-0.4, -0.2) is 30.9 Å². The Morgan fingerprint density at radius 3 is 2.90 bits per heavy atom. The molecule has 112 valence electrons. The lowest BCUT2D eigenvalue weighted by Gasteiger charge is -2.34. The van der Waals surface area contributed by atoms with E-state index in [9.17, 15) is 0 Å². The predicted octanol–water partition coefficient (Wildman–Crippen LogP) is 2.65. The Morgan fingerprint density at radius 2 is 2.20 bits per heavy atom. The van der Waals surface area contributed by atoms with E-state index in [2.05, 4.69) is 11.0 Å². The Morgan fingerprint density at radius 1 is 1.40 bits per heavy atom.